The molecule has 0 aromatic rings. The lowest BCUT2D eigenvalue weighted by Gasteiger charge is -2.19. The van der Waals surface area contributed by atoms with Crippen molar-refractivity contribution in [1.82, 2.24) is 0 Å². The number of phosphoric ester groups is 1. The summed E-state index contributed by atoms with van der Waals surface area (Å²) in [7, 11) is -4.46. The Bertz CT molecular complexity index is 1300. The van der Waals surface area contributed by atoms with E-state index in [1.807, 2.05) is 24.3 Å². The molecule has 0 bridgehead atoms. The van der Waals surface area contributed by atoms with E-state index < -0.39 is 32.5 Å². The molecule has 3 N–H and O–H groups in total. The molecule has 10 nitrogen and oxygen atoms in total. The van der Waals surface area contributed by atoms with Crippen LogP contribution in [0.3, 0.4) is 0 Å². The van der Waals surface area contributed by atoms with Crippen LogP contribution in [0.5, 0.6) is 0 Å². The highest BCUT2D eigenvalue weighted by Gasteiger charge is 2.26. The zero-order chi connectivity index (χ0) is 41.2. The Hall–Kier alpha value is -3.40. The van der Waals surface area contributed by atoms with Crippen molar-refractivity contribution >= 4 is 25.5 Å². The van der Waals surface area contributed by atoms with Gasteiger partial charge in [0.05, 0.1) is 13.2 Å². The van der Waals surface area contributed by atoms with Crippen molar-refractivity contribution in [3.63, 3.8) is 0 Å². The van der Waals surface area contributed by atoms with Crippen LogP contribution in [0.2, 0.25) is 0 Å². The summed E-state index contributed by atoms with van der Waals surface area (Å²) < 4.78 is 32.4. The fourth-order valence-corrected chi connectivity index (χ4v) is 5.58. The summed E-state index contributed by atoms with van der Waals surface area (Å²) in [4.78, 5) is 47.0. The predicted octanol–water partition coefficient (Wildman–Crippen LogP) is 11.0. The number of unbranched alkanes of at least 4 members (excludes halogenated alkanes) is 7. The number of ketones is 1. The number of ether oxygens (including phenoxy) is 2. The Morgan fingerprint density at radius 2 is 1.09 bits per heavy atom. The maximum Gasteiger partial charge on any atom is 0.472 e. The second-order valence-corrected chi connectivity index (χ2v) is 14.6. The number of hydrogen-bond acceptors (Lipinski definition) is 9. The number of nitrogens with two attached hydrogens (primary N) is 1. The molecule has 0 radical (unpaired) electrons. The van der Waals surface area contributed by atoms with E-state index in [0.717, 1.165) is 44.9 Å². The molecule has 1 unspecified atom stereocenters. The van der Waals surface area contributed by atoms with Gasteiger partial charge in [0, 0.05) is 25.8 Å². The van der Waals surface area contributed by atoms with Crippen LogP contribution >= 0.6 is 7.82 Å². The molecule has 0 saturated heterocycles. The number of allylic oxidation sites excluding steroid dienone is 16. The SMILES string of the molecule is CCCCC/C=C\C/C=C\C/C=C\C=C\C(=O)CCCC(=O)O[C@H](COC(=O)CCC/C=C\C/C=C\C/C=C\C/C=C\CCCCC)COP(=O)(O)OCCN. The number of carbonyl (C=O) groups is 3. The van der Waals surface area contributed by atoms with Gasteiger partial charge in [-0.25, -0.2) is 4.57 Å². The molecule has 56 heavy (non-hydrogen) atoms. The molecule has 11 heteroatoms. The van der Waals surface area contributed by atoms with E-state index in [2.05, 4.69) is 74.6 Å². The number of carbonyl (C=O) groups excluding carboxylic acids is 3. The minimum Gasteiger partial charge on any atom is -0.462 e. The highest BCUT2D eigenvalue weighted by atomic mass is 31.2. The van der Waals surface area contributed by atoms with Crippen molar-refractivity contribution in [3.8, 4) is 0 Å². The van der Waals surface area contributed by atoms with Crippen LogP contribution in [0.4, 0.5) is 0 Å². The lowest BCUT2D eigenvalue weighted by molar-refractivity contribution is -0.161. The largest absolute Gasteiger partial charge is 0.472 e. The maximum atomic E-state index is 12.5. The Balaban J connectivity index is 4.51. The number of rotatable bonds is 37. The van der Waals surface area contributed by atoms with E-state index in [4.69, 9.17) is 24.3 Å². The Morgan fingerprint density at radius 3 is 1.62 bits per heavy atom. The van der Waals surface area contributed by atoms with Crippen molar-refractivity contribution in [3.05, 3.63) is 97.2 Å². The molecule has 0 amide bonds. The molecule has 0 fully saturated rings. The molecule has 0 aliphatic carbocycles. The van der Waals surface area contributed by atoms with Gasteiger partial charge in [-0.2, -0.15) is 0 Å². The molecule has 2 atom stereocenters. The van der Waals surface area contributed by atoms with Crippen LogP contribution in [-0.2, 0) is 37.5 Å². The summed E-state index contributed by atoms with van der Waals surface area (Å²) in [5, 5.41) is 0. The van der Waals surface area contributed by atoms with Gasteiger partial charge in [0.2, 0.25) is 0 Å². The molecular weight excluding hydrogens is 729 g/mol. The molecule has 0 rings (SSSR count). The Kier molecular flexibility index (Phi) is 37.4. The summed E-state index contributed by atoms with van der Waals surface area (Å²) in [5.41, 5.74) is 5.32. The summed E-state index contributed by atoms with van der Waals surface area (Å²) in [6.07, 6.45) is 47.4. The van der Waals surface area contributed by atoms with E-state index in [-0.39, 0.29) is 51.2 Å². The fraction of sp³-hybridized carbons (Fsp3) is 0.578. The smallest absolute Gasteiger partial charge is 0.462 e. The highest BCUT2D eigenvalue weighted by molar-refractivity contribution is 7.47. The lowest BCUT2D eigenvalue weighted by Crippen LogP contribution is -2.29. The number of esters is 2. The molecule has 0 heterocycles. The first-order chi connectivity index (χ1) is 27.2. The van der Waals surface area contributed by atoms with Gasteiger partial charge in [-0.1, -0.05) is 131 Å². The summed E-state index contributed by atoms with van der Waals surface area (Å²) in [6, 6.07) is 0. The van der Waals surface area contributed by atoms with E-state index in [0.29, 0.717) is 12.8 Å². The second kappa shape index (κ2) is 39.8. The van der Waals surface area contributed by atoms with Crippen LogP contribution in [0.1, 0.15) is 136 Å². The highest BCUT2D eigenvalue weighted by Crippen LogP contribution is 2.43. The average molecular weight is 802 g/mol. The van der Waals surface area contributed by atoms with Crippen molar-refractivity contribution in [2.75, 3.05) is 26.4 Å². The monoisotopic (exact) mass is 801 g/mol. The molecule has 0 saturated carbocycles. The van der Waals surface area contributed by atoms with Crippen molar-refractivity contribution in [2.45, 2.75) is 142 Å². The van der Waals surface area contributed by atoms with E-state index in [1.165, 1.54) is 44.6 Å². The first-order valence-corrected chi connectivity index (χ1v) is 22.2. The third-order valence-electron chi connectivity index (χ3n) is 7.92. The van der Waals surface area contributed by atoms with Crippen LogP contribution in [-0.4, -0.2) is 55.1 Å². The average Bonchev–Trinajstić information content (AvgIpc) is 3.18. The van der Waals surface area contributed by atoms with Gasteiger partial charge in [0.25, 0.3) is 0 Å². The fourth-order valence-electron chi connectivity index (χ4n) is 4.81. The minimum absolute atomic E-state index is 0.00387. The lowest BCUT2D eigenvalue weighted by atomic mass is 10.1. The van der Waals surface area contributed by atoms with Crippen LogP contribution in [0, 0.1) is 0 Å². The van der Waals surface area contributed by atoms with E-state index in [9.17, 15) is 23.8 Å². The predicted molar refractivity (Wildman–Crippen MR) is 229 cm³/mol. The summed E-state index contributed by atoms with van der Waals surface area (Å²) in [5.74, 6) is -1.30. The van der Waals surface area contributed by atoms with Crippen molar-refractivity contribution in [2.24, 2.45) is 5.73 Å². The first-order valence-electron chi connectivity index (χ1n) is 20.7. The van der Waals surface area contributed by atoms with Crippen LogP contribution in [0.25, 0.3) is 0 Å². The van der Waals surface area contributed by atoms with Crippen LogP contribution < -0.4 is 5.73 Å². The van der Waals surface area contributed by atoms with Gasteiger partial charge in [0.1, 0.15) is 6.61 Å². The van der Waals surface area contributed by atoms with E-state index >= 15 is 0 Å². The van der Waals surface area contributed by atoms with Crippen molar-refractivity contribution in [1.29, 1.82) is 0 Å². The summed E-state index contributed by atoms with van der Waals surface area (Å²) >= 11 is 0. The third-order valence-corrected chi connectivity index (χ3v) is 8.90. The molecule has 0 spiro atoms. The minimum atomic E-state index is -4.46. The Morgan fingerprint density at radius 1 is 0.589 bits per heavy atom. The van der Waals surface area contributed by atoms with Crippen molar-refractivity contribution < 1.29 is 42.4 Å². The molecule has 316 valence electrons. The third kappa shape index (κ3) is 38.9. The van der Waals surface area contributed by atoms with Gasteiger partial charge >= 0.3 is 19.8 Å². The van der Waals surface area contributed by atoms with Gasteiger partial charge in [-0.15, -0.1) is 0 Å². The standard InChI is InChI=1S/C45H72NO9P/c1-3-5-7-9-11-13-15-17-18-19-20-22-24-26-28-30-32-36-44(48)52-40-43(41-54-56(50,51)53-39-38-46)55-45(49)37-33-35-42(47)34-31-29-27-25-23-21-16-14-12-10-8-6-4-2/h11-14,17-18,20-23,26-29,31,34,43H,3-10,15-16,19,24-25,30,32-33,35-41,46H2,1-2H3,(H,50,51)/b13-11-,14-12-,18-17-,22-20-,23-21-,28-26-,29-27-,34-31+/t43-/m1/s1. The van der Waals surface area contributed by atoms with Gasteiger partial charge < -0.3 is 20.1 Å². The quantitative estimate of drug-likeness (QED) is 0.0155. The maximum absolute atomic E-state index is 12.5. The summed E-state index contributed by atoms with van der Waals surface area (Å²) in [6.45, 7) is 3.29. The molecule has 0 aliphatic rings. The molecule has 0 aromatic carbocycles. The van der Waals surface area contributed by atoms with Gasteiger partial charge in [-0.3, -0.25) is 23.4 Å². The van der Waals surface area contributed by atoms with Gasteiger partial charge in [0.15, 0.2) is 11.9 Å². The second-order valence-electron chi connectivity index (χ2n) is 13.2. The molecule has 0 aliphatic heterocycles. The van der Waals surface area contributed by atoms with Gasteiger partial charge in [-0.05, 0) is 83.1 Å². The zero-order valence-electron chi connectivity index (χ0n) is 34.3. The number of hydrogen-bond donors (Lipinski definition) is 2. The first kappa shape index (κ1) is 52.6. The normalized spacial score (nSPS) is 14.2. The number of phosphoric acid groups is 1. The zero-order valence-corrected chi connectivity index (χ0v) is 35.2. The molecule has 0 aromatic heterocycles. The van der Waals surface area contributed by atoms with E-state index in [1.54, 1.807) is 6.08 Å². The molecular formula is C45H72NO9P. The van der Waals surface area contributed by atoms with Crippen LogP contribution in [0.15, 0.2) is 97.2 Å². The Labute approximate surface area is 338 Å². The topological polar surface area (TPSA) is 151 Å².